The minimum atomic E-state index is -0.522. The molecular formula is C19H34N4O. The van der Waals surface area contributed by atoms with Gasteiger partial charge in [0.1, 0.15) is 0 Å². The van der Waals surface area contributed by atoms with Gasteiger partial charge in [-0.25, -0.2) is 0 Å². The van der Waals surface area contributed by atoms with Gasteiger partial charge < -0.3 is 15.3 Å². The smallest absolute Gasteiger partial charge is 0.194 e. The molecule has 5 heteroatoms. The zero-order chi connectivity index (χ0) is 16.6. The lowest BCUT2D eigenvalue weighted by Crippen LogP contribution is -2.56. The van der Waals surface area contributed by atoms with Crippen LogP contribution in [-0.2, 0) is 0 Å². The monoisotopic (exact) mass is 334 g/mol. The summed E-state index contributed by atoms with van der Waals surface area (Å²) in [5, 5.41) is 13.7. The first-order chi connectivity index (χ1) is 11.7. The van der Waals surface area contributed by atoms with Gasteiger partial charge in [-0.05, 0) is 57.3 Å². The number of hydrogen-bond acceptors (Lipinski definition) is 3. The van der Waals surface area contributed by atoms with Crippen molar-refractivity contribution >= 4 is 5.96 Å². The Morgan fingerprint density at radius 1 is 1.17 bits per heavy atom. The number of rotatable bonds is 4. The van der Waals surface area contributed by atoms with E-state index in [1.165, 1.54) is 38.8 Å². The molecular weight excluding hydrogens is 300 g/mol. The Morgan fingerprint density at radius 3 is 2.50 bits per heavy atom. The van der Waals surface area contributed by atoms with Gasteiger partial charge >= 0.3 is 0 Å². The summed E-state index contributed by atoms with van der Waals surface area (Å²) in [7, 11) is 0. The van der Waals surface area contributed by atoms with E-state index >= 15 is 0 Å². The molecule has 4 rings (SSSR count). The van der Waals surface area contributed by atoms with Crippen molar-refractivity contribution in [1.29, 1.82) is 0 Å². The fourth-order valence-electron chi connectivity index (χ4n) is 5.31. The molecule has 0 aromatic heterocycles. The molecule has 3 aliphatic carbocycles. The number of nitrogens with one attached hydrogen (secondary N) is 1. The van der Waals surface area contributed by atoms with Gasteiger partial charge in [-0.3, -0.25) is 9.89 Å². The summed E-state index contributed by atoms with van der Waals surface area (Å²) in [6.45, 7) is 8.05. The first-order valence-corrected chi connectivity index (χ1v) is 10.2. The SMILES string of the molecule is CCNC(=NCC1(O)CCC1)N1CCN(C2CC3CCC2C3)CC1. The van der Waals surface area contributed by atoms with E-state index in [1.54, 1.807) is 0 Å². The van der Waals surface area contributed by atoms with Crippen LogP contribution in [0.5, 0.6) is 0 Å². The maximum Gasteiger partial charge on any atom is 0.194 e. The van der Waals surface area contributed by atoms with Crippen molar-refractivity contribution in [3.63, 3.8) is 0 Å². The number of fused-ring (bicyclic) bond motifs is 2. The van der Waals surface area contributed by atoms with E-state index in [2.05, 4.69) is 22.0 Å². The molecule has 0 amide bonds. The molecule has 4 fully saturated rings. The molecule has 0 radical (unpaired) electrons. The predicted octanol–water partition coefficient (Wildman–Crippen LogP) is 1.67. The van der Waals surface area contributed by atoms with Crippen LogP contribution in [0.1, 0.15) is 51.9 Å². The lowest BCUT2D eigenvalue weighted by Gasteiger charge is -2.42. The lowest BCUT2D eigenvalue weighted by molar-refractivity contribution is -0.0238. The van der Waals surface area contributed by atoms with Crippen molar-refractivity contribution in [2.75, 3.05) is 39.3 Å². The zero-order valence-corrected chi connectivity index (χ0v) is 15.2. The number of nitrogens with zero attached hydrogens (tertiary/aromatic N) is 3. The quantitative estimate of drug-likeness (QED) is 0.607. The summed E-state index contributed by atoms with van der Waals surface area (Å²) in [4.78, 5) is 9.91. The van der Waals surface area contributed by atoms with Crippen molar-refractivity contribution < 1.29 is 5.11 Å². The van der Waals surface area contributed by atoms with Gasteiger partial charge in [-0.1, -0.05) is 6.42 Å². The first-order valence-electron chi connectivity index (χ1n) is 10.2. The molecule has 136 valence electrons. The van der Waals surface area contributed by atoms with Gasteiger partial charge in [-0.2, -0.15) is 0 Å². The van der Waals surface area contributed by atoms with E-state index in [-0.39, 0.29) is 0 Å². The molecule has 2 bridgehead atoms. The summed E-state index contributed by atoms with van der Waals surface area (Å²) in [5.74, 6) is 3.02. The summed E-state index contributed by atoms with van der Waals surface area (Å²) in [6, 6.07) is 0.862. The van der Waals surface area contributed by atoms with Gasteiger partial charge in [0.2, 0.25) is 0 Å². The van der Waals surface area contributed by atoms with Gasteiger partial charge in [-0.15, -0.1) is 0 Å². The van der Waals surface area contributed by atoms with Gasteiger partial charge in [0.25, 0.3) is 0 Å². The fourth-order valence-corrected chi connectivity index (χ4v) is 5.31. The molecule has 0 spiro atoms. The van der Waals surface area contributed by atoms with E-state index in [0.29, 0.717) is 6.54 Å². The maximum absolute atomic E-state index is 10.3. The van der Waals surface area contributed by atoms with Crippen LogP contribution in [0.3, 0.4) is 0 Å². The van der Waals surface area contributed by atoms with Crippen LogP contribution in [0.4, 0.5) is 0 Å². The highest BCUT2D eigenvalue weighted by atomic mass is 16.3. The first kappa shape index (κ1) is 16.6. The minimum absolute atomic E-state index is 0.522. The summed E-state index contributed by atoms with van der Waals surface area (Å²) in [5.41, 5.74) is -0.522. The second kappa shape index (κ2) is 6.83. The Labute approximate surface area is 146 Å². The van der Waals surface area contributed by atoms with E-state index < -0.39 is 5.60 Å². The summed E-state index contributed by atoms with van der Waals surface area (Å²) in [6.07, 6.45) is 8.87. The van der Waals surface area contributed by atoms with E-state index in [0.717, 1.165) is 62.7 Å². The average molecular weight is 335 g/mol. The topological polar surface area (TPSA) is 51.1 Å². The van der Waals surface area contributed by atoms with Gasteiger partial charge in [0, 0.05) is 38.8 Å². The van der Waals surface area contributed by atoms with E-state index in [9.17, 15) is 5.11 Å². The normalized spacial score (nSPS) is 36.0. The van der Waals surface area contributed by atoms with Gasteiger partial charge in [0.15, 0.2) is 5.96 Å². The van der Waals surface area contributed by atoms with Gasteiger partial charge in [0.05, 0.1) is 12.1 Å². The highest BCUT2D eigenvalue weighted by Crippen LogP contribution is 2.46. The Kier molecular flexibility index (Phi) is 4.74. The molecule has 0 aromatic rings. The molecule has 0 aromatic carbocycles. The maximum atomic E-state index is 10.3. The molecule has 1 aliphatic heterocycles. The Balaban J connectivity index is 1.32. The highest BCUT2D eigenvalue weighted by molar-refractivity contribution is 5.80. The average Bonchev–Trinajstić information content (AvgIpc) is 3.20. The molecule has 3 atom stereocenters. The number of hydrogen-bond donors (Lipinski definition) is 2. The van der Waals surface area contributed by atoms with Crippen LogP contribution in [0.2, 0.25) is 0 Å². The van der Waals surface area contributed by atoms with Crippen LogP contribution >= 0.6 is 0 Å². The van der Waals surface area contributed by atoms with Crippen LogP contribution in [0, 0.1) is 11.8 Å². The van der Waals surface area contributed by atoms with Crippen LogP contribution < -0.4 is 5.32 Å². The summed E-state index contributed by atoms with van der Waals surface area (Å²) < 4.78 is 0. The lowest BCUT2D eigenvalue weighted by atomic mass is 9.80. The summed E-state index contributed by atoms with van der Waals surface area (Å²) >= 11 is 0. The molecule has 3 saturated carbocycles. The second-order valence-corrected chi connectivity index (χ2v) is 8.51. The van der Waals surface area contributed by atoms with E-state index in [1.807, 2.05) is 0 Å². The molecule has 1 saturated heterocycles. The fraction of sp³-hybridized carbons (Fsp3) is 0.947. The van der Waals surface area contributed by atoms with Crippen molar-refractivity contribution in [1.82, 2.24) is 15.1 Å². The third-order valence-corrected chi connectivity index (χ3v) is 6.93. The zero-order valence-electron chi connectivity index (χ0n) is 15.2. The number of aliphatic hydroxyl groups is 1. The van der Waals surface area contributed by atoms with Crippen LogP contribution in [0.25, 0.3) is 0 Å². The van der Waals surface area contributed by atoms with Crippen molar-refractivity contribution in [3.8, 4) is 0 Å². The standard InChI is InChI=1S/C19H34N4O/c1-2-20-18(21-14-19(24)6-3-7-19)23-10-8-22(9-11-23)17-13-15-4-5-16(17)12-15/h15-17,24H,2-14H2,1H3,(H,20,21). The minimum Gasteiger partial charge on any atom is -0.388 e. The highest BCUT2D eigenvalue weighted by Gasteiger charge is 2.43. The third-order valence-electron chi connectivity index (χ3n) is 6.93. The number of piperazine rings is 1. The van der Waals surface area contributed by atoms with Crippen molar-refractivity contribution in [2.24, 2.45) is 16.8 Å². The van der Waals surface area contributed by atoms with Crippen molar-refractivity contribution in [2.45, 2.75) is 63.5 Å². The molecule has 5 nitrogen and oxygen atoms in total. The third kappa shape index (κ3) is 3.30. The molecule has 4 aliphatic rings. The molecule has 24 heavy (non-hydrogen) atoms. The number of aliphatic imine (C=N–C) groups is 1. The predicted molar refractivity (Wildman–Crippen MR) is 97.2 cm³/mol. The Bertz CT molecular complexity index is 468. The molecule has 2 N–H and O–H groups in total. The second-order valence-electron chi connectivity index (χ2n) is 8.51. The van der Waals surface area contributed by atoms with E-state index in [4.69, 9.17) is 4.99 Å². The molecule has 1 heterocycles. The van der Waals surface area contributed by atoms with Crippen LogP contribution in [0.15, 0.2) is 4.99 Å². The Morgan fingerprint density at radius 2 is 1.96 bits per heavy atom. The largest absolute Gasteiger partial charge is 0.388 e. The molecule has 3 unspecified atom stereocenters. The van der Waals surface area contributed by atoms with Crippen LogP contribution in [-0.4, -0.2) is 71.8 Å². The number of guanidine groups is 1. The Hall–Kier alpha value is -0.810. The van der Waals surface area contributed by atoms with Crippen molar-refractivity contribution in [3.05, 3.63) is 0 Å².